The maximum atomic E-state index is 14.2. The van der Waals surface area contributed by atoms with Crippen molar-refractivity contribution in [1.29, 1.82) is 0 Å². The minimum atomic E-state index is -0.334. The average molecular weight is 594 g/mol. The fraction of sp³-hybridized carbons (Fsp3) is 0.379. The molecule has 212 valence electrons. The van der Waals surface area contributed by atoms with E-state index in [4.69, 9.17) is 23.2 Å². The molecule has 0 saturated carbocycles. The molecule has 12 heteroatoms. The minimum Gasteiger partial charge on any atom is -0.354 e. The van der Waals surface area contributed by atoms with Crippen LogP contribution in [0.4, 0.5) is 5.82 Å². The molecule has 0 aliphatic carbocycles. The number of aromatic nitrogens is 5. The zero-order chi connectivity index (χ0) is 28.5. The first-order chi connectivity index (χ1) is 19.9. The predicted molar refractivity (Wildman–Crippen MR) is 156 cm³/mol. The maximum absolute atomic E-state index is 14.2. The third kappa shape index (κ3) is 5.71. The summed E-state index contributed by atoms with van der Waals surface area (Å²) in [7, 11) is 0. The fourth-order valence-corrected chi connectivity index (χ4v) is 6.26. The van der Waals surface area contributed by atoms with Gasteiger partial charge in [-0.1, -0.05) is 35.3 Å². The highest BCUT2D eigenvalue weighted by Gasteiger charge is 2.42. The maximum Gasteiger partial charge on any atom is 0.228 e. The number of fused-ring (bicyclic) bond motifs is 1. The first-order valence-corrected chi connectivity index (χ1v) is 14.5. The molecule has 2 amide bonds. The van der Waals surface area contributed by atoms with Gasteiger partial charge < -0.3 is 14.7 Å². The van der Waals surface area contributed by atoms with E-state index in [0.717, 1.165) is 29.9 Å². The van der Waals surface area contributed by atoms with Crippen molar-refractivity contribution in [2.75, 3.05) is 37.6 Å². The van der Waals surface area contributed by atoms with Gasteiger partial charge in [-0.2, -0.15) is 4.52 Å². The second kappa shape index (κ2) is 11.6. The first kappa shape index (κ1) is 27.4. The monoisotopic (exact) mass is 592 g/mol. The number of carbonyl (C=O) groups excluding carboxylic acids is 2. The van der Waals surface area contributed by atoms with Crippen molar-refractivity contribution in [3.05, 3.63) is 82.4 Å². The fourth-order valence-electron chi connectivity index (χ4n) is 6.03. The zero-order valence-electron chi connectivity index (χ0n) is 22.6. The summed E-state index contributed by atoms with van der Waals surface area (Å²) in [6.45, 7) is 4.21. The van der Waals surface area contributed by atoms with Gasteiger partial charge in [-0.25, -0.2) is 0 Å². The van der Waals surface area contributed by atoms with E-state index >= 15 is 0 Å². The number of benzene rings is 1. The van der Waals surface area contributed by atoms with Gasteiger partial charge in [-0.15, -0.1) is 15.3 Å². The number of rotatable bonds is 4. The predicted octanol–water partition coefficient (Wildman–Crippen LogP) is 4.26. The molecule has 41 heavy (non-hydrogen) atoms. The Bertz CT molecular complexity index is 1540. The SMILES string of the molecule is CC(=O)N1CCN(C(=O)C2CN(c3ccc4nncn4n3)C[C@H]2c2ccc(Cl)cn2)CCC[C@@H]1c1ccc(Cl)cc1. The van der Waals surface area contributed by atoms with Gasteiger partial charge in [0.2, 0.25) is 11.8 Å². The summed E-state index contributed by atoms with van der Waals surface area (Å²) in [6.07, 6.45) is 4.72. The van der Waals surface area contributed by atoms with Crippen molar-refractivity contribution in [3.8, 4) is 0 Å². The van der Waals surface area contributed by atoms with E-state index in [9.17, 15) is 9.59 Å². The van der Waals surface area contributed by atoms with Gasteiger partial charge in [0.05, 0.1) is 17.0 Å². The Hall–Kier alpha value is -3.76. The van der Waals surface area contributed by atoms with Crippen molar-refractivity contribution in [2.45, 2.75) is 31.7 Å². The van der Waals surface area contributed by atoms with Crippen molar-refractivity contribution in [3.63, 3.8) is 0 Å². The van der Waals surface area contributed by atoms with Gasteiger partial charge in [-0.05, 0) is 54.8 Å². The normalized spacial score (nSPS) is 21.6. The lowest BCUT2D eigenvalue weighted by atomic mass is 9.90. The molecular formula is C29H30Cl2N8O2. The lowest BCUT2D eigenvalue weighted by molar-refractivity contribution is -0.139. The highest BCUT2D eigenvalue weighted by molar-refractivity contribution is 6.30. The number of amides is 2. The van der Waals surface area contributed by atoms with Gasteiger partial charge >= 0.3 is 0 Å². The van der Waals surface area contributed by atoms with Crippen LogP contribution < -0.4 is 4.90 Å². The van der Waals surface area contributed by atoms with Gasteiger partial charge in [0.15, 0.2) is 5.65 Å². The van der Waals surface area contributed by atoms with Crippen LogP contribution >= 0.6 is 23.2 Å². The molecule has 0 radical (unpaired) electrons. The molecule has 2 aliphatic heterocycles. The standard InChI is InChI=1S/C29H30Cl2N8O2/c1-19(40)38-14-13-36(12-2-3-26(38)20-4-6-21(30)7-5-20)29(41)24-17-37(16-23(24)25-9-8-22(31)15-32-25)28-11-10-27-34-33-18-39(27)35-28/h4-11,15,18,23-24,26H,2-3,12-14,16-17H2,1H3/t23-,24?,26-/m1/s1. The van der Waals surface area contributed by atoms with Crippen LogP contribution in [0.25, 0.3) is 5.65 Å². The topological polar surface area (TPSA) is 99.8 Å². The number of halogens is 2. The molecule has 1 aromatic carbocycles. The molecule has 4 aromatic rings. The molecule has 2 saturated heterocycles. The molecule has 2 fully saturated rings. The second-order valence-electron chi connectivity index (χ2n) is 10.6. The van der Waals surface area contributed by atoms with E-state index in [1.54, 1.807) is 24.0 Å². The highest BCUT2D eigenvalue weighted by atomic mass is 35.5. The number of hydrogen-bond donors (Lipinski definition) is 0. The van der Waals surface area contributed by atoms with Crippen LogP contribution in [0, 0.1) is 5.92 Å². The van der Waals surface area contributed by atoms with E-state index in [1.807, 2.05) is 58.3 Å². The van der Waals surface area contributed by atoms with E-state index in [-0.39, 0.29) is 29.7 Å². The lowest BCUT2D eigenvalue weighted by Gasteiger charge is -2.37. The third-order valence-electron chi connectivity index (χ3n) is 8.10. The Morgan fingerprint density at radius 3 is 2.49 bits per heavy atom. The third-order valence-corrected chi connectivity index (χ3v) is 8.58. The van der Waals surface area contributed by atoms with Gasteiger partial charge in [0.25, 0.3) is 0 Å². The molecule has 6 rings (SSSR count). The summed E-state index contributed by atoms with van der Waals surface area (Å²) < 4.78 is 1.63. The molecule has 0 spiro atoms. The minimum absolute atomic E-state index is 0.00927. The van der Waals surface area contributed by atoms with Crippen molar-refractivity contribution >= 4 is 46.5 Å². The van der Waals surface area contributed by atoms with Crippen LogP contribution in [0.5, 0.6) is 0 Å². The average Bonchev–Trinajstić information content (AvgIpc) is 3.61. The quantitative estimate of drug-likeness (QED) is 0.349. The Kier molecular flexibility index (Phi) is 7.77. The summed E-state index contributed by atoms with van der Waals surface area (Å²) in [5.74, 6) is 0.319. The number of anilines is 1. The lowest BCUT2D eigenvalue weighted by Crippen LogP contribution is -2.47. The van der Waals surface area contributed by atoms with Gasteiger partial charge in [0.1, 0.15) is 12.1 Å². The number of pyridine rings is 1. The van der Waals surface area contributed by atoms with Crippen LogP contribution in [0.3, 0.4) is 0 Å². The van der Waals surface area contributed by atoms with Crippen LogP contribution in [-0.2, 0) is 9.59 Å². The highest BCUT2D eigenvalue weighted by Crippen LogP contribution is 2.36. The van der Waals surface area contributed by atoms with E-state index in [1.165, 1.54) is 0 Å². The summed E-state index contributed by atoms with van der Waals surface area (Å²) in [4.78, 5) is 37.4. The Balaban J connectivity index is 1.24. The molecule has 3 atom stereocenters. The molecule has 10 nitrogen and oxygen atoms in total. The van der Waals surface area contributed by atoms with E-state index in [2.05, 4.69) is 25.2 Å². The van der Waals surface area contributed by atoms with Crippen LogP contribution in [-0.4, -0.2) is 79.1 Å². The number of carbonyl (C=O) groups is 2. The molecule has 3 aromatic heterocycles. The summed E-state index contributed by atoms with van der Waals surface area (Å²) in [6, 6.07) is 15.1. The van der Waals surface area contributed by atoms with Crippen LogP contribution in [0.1, 0.15) is 43.0 Å². The molecule has 5 heterocycles. The van der Waals surface area contributed by atoms with Gasteiger partial charge in [0, 0.05) is 62.5 Å². The summed E-state index contributed by atoms with van der Waals surface area (Å²) in [5.41, 5.74) is 2.53. The molecular weight excluding hydrogens is 563 g/mol. The molecule has 1 unspecified atom stereocenters. The number of hydrogen-bond acceptors (Lipinski definition) is 7. The second-order valence-corrected chi connectivity index (χ2v) is 11.5. The Morgan fingerprint density at radius 2 is 1.73 bits per heavy atom. The molecule has 0 bridgehead atoms. The van der Waals surface area contributed by atoms with Crippen LogP contribution in [0.2, 0.25) is 10.0 Å². The smallest absolute Gasteiger partial charge is 0.228 e. The molecule has 0 N–H and O–H groups in total. The number of nitrogens with zero attached hydrogens (tertiary/aromatic N) is 8. The largest absolute Gasteiger partial charge is 0.354 e. The zero-order valence-corrected chi connectivity index (χ0v) is 24.1. The summed E-state index contributed by atoms with van der Waals surface area (Å²) >= 11 is 12.2. The first-order valence-electron chi connectivity index (χ1n) is 13.7. The Morgan fingerprint density at radius 1 is 0.927 bits per heavy atom. The Labute approximate surface area is 247 Å². The van der Waals surface area contributed by atoms with Crippen molar-refractivity contribution < 1.29 is 9.59 Å². The van der Waals surface area contributed by atoms with Crippen LogP contribution in [0.15, 0.2) is 61.1 Å². The summed E-state index contributed by atoms with van der Waals surface area (Å²) in [5, 5.41) is 13.8. The van der Waals surface area contributed by atoms with E-state index in [0.29, 0.717) is 48.4 Å². The van der Waals surface area contributed by atoms with Gasteiger partial charge in [-0.3, -0.25) is 14.6 Å². The van der Waals surface area contributed by atoms with Crippen molar-refractivity contribution in [1.82, 2.24) is 34.6 Å². The molecule has 2 aliphatic rings. The van der Waals surface area contributed by atoms with E-state index < -0.39 is 0 Å². The van der Waals surface area contributed by atoms with Crippen molar-refractivity contribution in [2.24, 2.45) is 5.92 Å².